The monoisotopic (exact) mass is 528 g/mol. The van der Waals surface area contributed by atoms with Gasteiger partial charge in [0.2, 0.25) is 0 Å². The molecule has 0 spiro atoms. The number of methoxy groups -OCH3 is 1. The van der Waals surface area contributed by atoms with Gasteiger partial charge in [-0.3, -0.25) is 5.32 Å². The molecule has 0 aliphatic rings. The van der Waals surface area contributed by atoms with Gasteiger partial charge in [0.05, 0.1) is 6.61 Å². The van der Waals surface area contributed by atoms with Gasteiger partial charge < -0.3 is 19.2 Å². The molecule has 0 fully saturated rings. The maximum absolute atomic E-state index is 8.00. The van der Waals surface area contributed by atoms with Gasteiger partial charge in [0.15, 0.2) is 0 Å². The van der Waals surface area contributed by atoms with Gasteiger partial charge in [-0.1, -0.05) is 55.2 Å². The van der Waals surface area contributed by atoms with E-state index < -0.39 is 0 Å². The van der Waals surface area contributed by atoms with Gasteiger partial charge in [0, 0.05) is 43.9 Å². The first-order valence-electron chi connectivity index (χ1n) is 9.57. The van der Waals surface area contributed by atoms with E-state index in [9.17, 15) is 0 Å². The van der Waals surface area contributed by atoms with E-state index in [-0.39, 0.29) is 6.23 Å². The number of hydrogen-bond acceptors (Lipinski definition) is 5. The lowest BCUT2D eigenvalue weighted by Gasteiger charge is -2.15. The van der Waals surface area contributed by atoms with Crippen LogP contribution in [0.1, 0.15) is 40.0 Å². The van der Waals surface area contributed by atoms with Gasteiger partial charge in [-0.15, -0.1) is 0 Å². The highest BCUT2D eigenvalue weighted by Crippen LogP contribution is 2.07. The molecule has 0 aliphatic heterocycles. The Morgan fingerprint density at radius 1 is 1.14 bits per heavy atom. The minimum atomic E-state index is 0.0757. The lowest BCUT2D eigenvalue weighted by molar-refractivity contribution is -0.0979. The van der Waals surface area contributed by atoms with Gasteiger partial charge >= 0.3 is 0 Å². The van der Waals surface area contributed by atoms with Crippen LogP contribution in [0.4, 0.5) is 0 Å². The third-order valence-electron chi connectivity index (χ3n) is 3.66. The Kier molecular flexibility index (Phi) is 31.4. The van der Waals surface area contributed by atoms with E-state index >= 15 is 0 Å². The highest BCUT2D eigenvalue weighted by Gasteiger charge is 2.04. The van der Waals surface area contributed by atoms with Gasteiger partial charge in [-0.05, 0) is 47.7 Å². The van der Waals surface area contributed by atoms with E-state index in [1.54, 1.807) is 7.11 Å². The number of nitrogens with zero attached hydrogens (tertiary/aromatic N) is 1. The summed E-state index contributed by atoms with van der Waals surface area (Å²) in [6.07, 6.45) is 7.60. The van der Waals surface area contributed by atoms with Crippen LogP contribution < -0.4 is 5.32 Å². The molecule has 5 nitrogen and oxygen atoms in total. The molecule has 0 radical (unpaired) electrons. The minimum Gasteiger partial charge on any atom is -0.385 e. The van der Waals surface area contributed by atoms with E-state index in [4.69, 9.17) is 14.3 Å². The average Bonchev–Trinajstić information content (AvgIpc) is 2.67. The number of allylic oxidation sites excluding steroid dienone is 3. The van der Waals surface area contributed by atoms with Crippen molar-refractivity contribution in [3.05, 3.63) is 23.3 Å². The quantitative estimate of drug-likeness (QED) is 0.199. The molecule has 7 heteroatoms. The van der Waals surface area contributed by atoms with Crippen LogP contribution in [0.15, 0.2) is 23.3 Å². The number of carbonyl (C=O) groups excluding carboxylic acids is 1. The smallest absolute Gasteiger partial charge is 0.110 e. The molecule has 28 heavy (non-hydrogen) atoms. The number of alkyl halides is 2. The number of hydrogen-bond donors (Lipinski definition) is 1. The van der Waals surface area contributed by atoms with Crippen molar-refractivity contribution in [1.29, 1.82) is 0 Å². The molecule has 0 rings (SSSR count). The first-order chi connectivity index (χ1) is 13.4. The lowest BCUT2D eigenvalue weighted by Crippen LogP contribution is -2.29. The molecule has 0 bridgehead atoms. The molecule has 0 saturated carbocycles. The van der Waals surface area contributed by atoms with E-state index in [2.05, 4.69) is 82.0 Å². The summed E-state index contributed by atoms with van der Waals surface area (Å²) in [5.74, 6) is 0. The second-order valence-corrected chi connectivity index (χ2v) is 8.03. The molecular formula is C21H42Br2N2O3. The molecule has 1 atom stereocenters. The van der Waals surface area contributed by atoms with Crippen LogP contribution in [0.3, 0.4) is 0 Å². The first-order valence-corrected chi connectivity index (χ1v) is 11.8. The summed E-state index contributed by atoms with van der Waals surface area (Å²) in [5, 5.41) is 5.26. The van der Waals surface area contributed by atoms with Crippen LogP contribution in [-0.2, 0) is 14.3 Å². The van der Waals surface area contributed by atoms with Crippen LogP contribution in [0.25, 0.3) is 0 Å². The Balaban J connectivity index is -0.000000522. The molecule has 0 aliphatic carbocycles. The van der Waals surface area contributed by atoms with Gasteiger partial charge in [0.1, 0.15) is 13.0 Å². The molecule has 0 heterocycles. The summed E-state index contributed by atoms with van der Waals surface area (Å²) in [6.45, 7) is 12.1. The number of nitrogens with one attached hydrogen (secondary N) is 1. The number of ether oxygens (including phenoxy) is 2. The van der Waals surface area contributed by atoms with Crippen LogP contribution >= 0.6 is 31.9 Å². The second kappa shape index (κ2) is 27.0. The summed E-state index contributed by atoms with van der Waals surface area (Å²) < 4.78 is 10.7. The van der Waals surface area contributed by atoms with Crippen molar-refractivity contribution in [2.45, 2.75) is 46.3 Å². The second-order valence-electron chi connectivity index (χ2n) is 6.44. The largest absolute Gasteiger partial charge is 0.385 e. The van der Waals surface area contributed by atoms with Crippen molar-refractivity contribution in [2.75, 3.05) is 58.2 Å². The predicted octanol–water partition coefficient (Wildman–Crippen LogP) is 4.80. The number of rotatable bonds is 14. The highest BCUT2D eigenvalue weighted by atomic mass is 79.9. The van der Waals surface area contributed by atoms with Crippen molar-refractivity contribution in [3.63, 3.8) is 0 Å². The third kappa shape index (κ3) is 28.2. The molecule has 1 unspecified atom stereocenters. The van der Waals surface area contributed by atoms with E-state index in [0.717, 1.165) is 49.6 Å². The maximum atomic E-state index is 8.00. The fourth-order valence-corrected chi connectivity index (χ4v) is 3.14. The first kappa shape index (κ1) is 32.6. The van der Waals surface area contributed by atoms with Crippen LogP contribution in [0.5, 0.6) is 0 Å². The highest BCUT2D eigenvalue weighted by molar-refractivity contribution is 9.09. The molecule has 0 amide bonds. The standard InChI is InChI=1S/C15H29NO2.C5H11Br2N.CH2O/c1-13(2)7-6-8-14(3)9-12-18-15(16-4)10-11-17-5;1-8(4-2-6)5-3-7;1-2/h7,9,15-16H,6,8,10-12H2,1-5H3;2-5H2,1H3;1H2/b14-9+;;. The summed E-state index contributed by atoms with van der Waals surface area (Å²) in [7, 11) is 5.73. The molecule has 168 valence electrons. The Labute approximate surface area is 190 Å². The zero-order valence-corrected chi connectivity index (χ0v) is 21.9. The van der Waals surface area contributed by atoms with Crippen LogP contribution in [0, 0.1) is 0 Å². The van der Waals surface area contributed by atoms with E-state index in [1.165, 1.54) is 11.1 Å². The third-order valence-corrected chi connectivity index (χ3v) is 4.37. The van der Waals surface area contributed by atoms with Crippen molar-refractivity contribution in [1.82, 2.24) is 10.2 Å². The van der Waals surface area contributed by atoms with Gasteiger partial charge in [-0.2, -0.15) is 0 Å². The Morgan fingerprint density at radius 2 is 1.71 bits per heavy atom. The summed E-state index contributed by atoms with van der Waals surface area (Å²) >= 11 is 6.73. The SMILES string of the molecule is C=O.CN(CCBr)CCBr.CNC(CCOC)OC/C=C(\C)CCC=C(C)C. The zero-order chi connectivity index (χ0) is 22.2. The number of halogens is 2. The fraction of sp³-hybridized carbons (Fsp3) is 0.762. The van der Waals surface area contributed by atoms with Crippen molar-refractivity contribution in [2.24, 2.45) is 0 Å². The lowest BCUT2D eigenvalue weighted by atomic mass is 10.1. The van der Waals surface area contributed by atoms with Crippen molar-refractivity contribution < 1.29 is 14.3 Å². The normalized spacial score (nSPS) is 11.8. The Bertz CT molecular complexity index is 371. The average molecular weight is 530 g/mol. The Morgan fingerprint density at radius 3 is 2.14 bits per heavy atom. The molecule has 0 saturated heterocycles. The molecule has 0 aromatic rings. The van der Waals surface area contributed by atoms with E-state index in [1.807, 2.05) is 13.8 Å². The molecular weight excluding hydrogens is 488 g/mol. The van der Waals surface area contributed by atoms with Crippen molar-refractivity contribution in [3.8, 4) is 0 Å². The van der Waals surface area contributed by atoms with Crippen molar-refractivity contribution >= 4 is 38.6 Å². The van der Waals surface area contributed by atoms with Gasteiger partial charge in [-0.25, -0.2) is 0 Å². The molecule has 0 aromatic carbocycles. The summed E-state index contributed by atoms with van der Waals surface area (Å²) in [4.78, 5) is 10.3. The van der Waals surface area contributed by atoms with Crippen LogP contribution in [0.2, 0.25) is 0 Å². The molecule has 0 aromatic heterocycles. The minimum absolute atomic E-state index is 0.0757. The number of carbonyl (C=O) groups is 1. The van der Waals surface area contributed by atoms with Crippen LogP contribution in [-0.4, -0.2) is 76.1 Å². The molecule has 1 N–H and O–H groups in total. The topological polar surface area (TPSA) is 50.8 Å². The summed E-state index contributed by atoms with van der Waals surface area (Å²) in [5.41, 5.74) is 2.77. The zero-order valence-electron chi connectivity index (χ0n) is 18.7. The Hall–Kier alpha value is -0.0500. The van der Waals surface area contributed by atoms with Gasteiger partial charge in [0.25, 0.3) is 0 Å². The summed E-state index contributed by atoms with van der Waals surface area (Å²) in [6, 6.07) is 0. The van der Waals surface area contributed by atoms with E-state index in [0.29, 0.717) is 6.61 Å². The predicted molar refractivity (Wildman–Crippen MR) is 130 cm³/mol. The fourth-order valence-electron chi connectivity index (χ4n) is 1.93. The maximum Gasteiger partial charge on any atom is 0.110 e.